The SMILES string of the molecule is CC.Cc1ccc(C2COC2)cn1. The minimum atomic E-state index is 0.600. The van der Waals surface area contributed by atoms with Gasteiger partial charge in [0.05, 0.1) is 13.2 Å². The van der Waals surface area contributed by atoms with Gasteiger partial charge in [0.1, 0.15) is 0 Å². The smallest absolute Gasteiger partial charge is 0.0557 e. The zero-order valence-corrected chi connectivity index (χ0v) is 8.58. The van der Waals surface area contributed by atoms with E-state index in [9.17, 15) is 0 Å². The van der Waals surface area contributed by atoms with Gasteiger partial charge in [0, 0.05) is 17.8 Å². The normalized spacial score (nSPS) is 15.6. The van der Waals surface area contributed by atoms with Crippen molar-refractivity contribution in [2.24, 2.45) is 0 Å². The van der Waals surface area contributed by atoms with Gasteiger partial charge in [0.15, 0.2) is 0 Å². The Morgan fingerprint density at radius 2 is 2.00 bits per heavy atom. The molecule has 2 rings (SSSR count). The van der Waals surface area contributed by atoms with Gasteiger partial charge in [-0.2, -0.15) is 0 Å². The molecule has 1 aliphatic rings. The number of hydrogen-bond donors (Lipinski definition) is 0. The standard InChI is InChI=1S/C9H11NO.C2H6/c1-7-2-3-8(4-10-7)9-5-11-6-9;1-2/h2-4,9H,5-6H2,1H3;1-2H3. The van der Waals surface area contributed by atoms with E-state index < -0.39 is 0 Å². The van der Waals surface area contributed by atoms with E-state index in [1.807, 2.05) is 33.0 Å². The fraction of sp³-hybridized carbons (Fsp3) is 0.545. The molecule has 0 spiro atoms. The Bertz CT molecular complexity index is 239. The van der Waals surface area contributed by atoms with Crippen LogP contribution in [0.25, 0.3) is 0 Å². The molecule has 0 N–H and O–H groups in total. The summed E-state index contributed by atoms with van der Waals surface area (Å²) in [4.78, 5) is 4.23. The minimum Gasteiger partial charge on any atom is -0.380 e. The van der Waals surface area contributed by atoms with Gasteiger partial charge in [0.25, 0.3) is 0 Å². The molecule has 0 bridgehead atoms. The van der Waals surface area contributed by atoms with Crippen molar-refractivity contribution in [3.63, 3.8) is 0 Å². The van der Waals surface area contributed by atoms with Crippen LogP contribution in [-0.2, 0) is 4.74 Å². The van der Waals surface area contributed by atoms with Crippen LogP contribution in [0.1, 0.15) is 31.0 Å². The monoisotopic (exact) mass is 179 g/mol. The van der Waals surface area contributed by atoms with Crippen molar-refractivity contribution in [1.82, 2.24) is 4.98 Å². The van der Waals surface area contributed by atoms with Crippen LogP contribution >= 0.6 is 0 Å². The molecular weight excluding hydrogens is 162 g/mol. The van der Waals surface area contributed by atoms with Gasteiger partial charge in [-0.15, -0.1) is 0 Å². The van der Waals surface area contributed by atoms with Gasteiger partial charge in [-0.3, -0.25) is 4.98 Å². The van der Waals surface area contributed by atoms with E-state index in [0.29, 0.717) is 5.92 Å². The summed E-state index contributed by atoms with van der Waals surface area (Å²) in [6, 6.07) is 4.18. The summed E-state index contributed by atoms with van der Waals surface area (Å²) < 4.78 is 5.09. The third-order valence-corrected chi connectivity index (χ3v) is 2.04. The quantitative estimate of drug-likeness (QED) is 0.661. The molecule has 1 aromatic heterocycles. The Hall–Kier alpha value is -0.890. The van der Waals surface area contributed by atoms with E-state index in [1.165, 1.54) is 5.56 Å². The number of ether oxygens (including phenoxy) is 1. The van der Waals surface area contributed by atoms with Crippen LogP contribution in [0.2, 0.25) is 0 Å². The lowest BCUT2D eigenvalue weighted by Gasteiger charge is -2.25. The van der Waals surface area contributed by atoms with Gasteiger partial charge >= 0.3 is 0 Å². The first-order chi connectivity index (χ1) is 6.36. The summed E-state index contributed by atoms with van der Waals surface area (Å²) >= 11 is 0. The molecule has 1 aromatic rings. The lowest BCUT2D eigenvalue weighted by Crippen LogP contribution is -2.25. The number of nitrogens with zero attached hydrogens (tertiary/aromatic N) is 1. The predicted molar refractivity (Wildman–Crippen MR) is 53.9 cm³/mol. The molecule has 1 aliphatic heterocycles. The van der Waals surface area contributed by atoms with Gasteiger partial charge in [-0.25, -0.2) is 0 Å². The molecule has 2 heterocycles. The number of aryl methyl sites for hydroxylation is 1. The average Bonchev–Trinajstić information content (AvgIpc) is 2.09. The highest BCUT2D eigenvalue weighted by Crippen LogP contribution is 2.22. The summed E-state index contributed by atoms with van der Waals surface area (Å²) in [5.74, 6) is 0.600. The number of aromatic nitrogens is 1. The van der Waals surface area contributed by atoms with Crippen LogP contribution in [0.4, 0.5) is 0 Å². The molecule has 0 saturated carbocycles. The first-order valence-corrected chi connectivity index (χ1v) is 4.86. The van der Waals surface area contributed by atoms with Crippen LogP contribution in [0.3, 0.4) is 0 Å². The number of hydrogen-bond acceptors (Lipinski definition) is 2. The van der Waals surface area contributed by atoms with E-state index in [4.69, 9.17) is 4.74 Å². The third-order valence-electron chi connectivity index (χ3n) is 2.04. The molecule has 13 heavy (non-hydrogen) atoms. The molecule has 0 radical (unpaired) electrons. The fourth-order valence-corrected chi connectivity index (χ4v) is 1.15. The second kappa shape index (κ2) is 4.97. The second-order valence-corrected chi connectivity index (χ2v) is 2.97. The topological polar surface area (TPSA) is 22.1 Å². The van der Waals surface area contributed by atoms with Crippen molar-refractivity contribution in [1.29, 1.82) is 0 Å². The molecule has 0 aromatic carbocycles. The van der Waals surface area contributed by atoms with Gasteiger partial charge < -0.3 is 4.74 Å². The van der Waals surface area contributed by atoms with Crippen molar-refractivity contribution in [2.75, 3.05) is 13.2 Å². The molecule has 1 fully saturated rings. The highest BCUT2D eigenvalue weighted by atomic mass is 16.5. The number of pyridine rings is 1. The molecule has 0 amide bonds. The lowest BCUT2D eigenvalue weighted by molar-refractivity contribution is 0.00828. The van der Waals surface area contributed by atoms with E-state index >= 15 is 0 Å². The number of rotatable bonds is 1. The molecule has 72 valence electrons. The van der Waals surface area contributed by atoms with Gasteiger partial charge in [-0.1, -0.05) is 19.9 Å². The molecule has 0 atom stereocenters. The van der Waals surface area contributed by atoms with Crippen molar-refractivity contribution < 1.29 is 4.74 Å². The maximum Gasteiger partial charge on any atom is 0.0557 e. The van der Waals surface area contributed by atoms with Crippen LogP contribution in [0, 0.1) is 6.92 Å². The van der Waals surface area contributed by atoms with Crippen molar-refractivity contribution in [3.8, 4) is 0 Å². The predicted octanol–water partition coefficient (Wildman–Crippen LogP) is 2.53. The third kappa shape index (κ3) is 2.52. The Kier molecular flexibility index (Phi) is 3.90. The minimum absolute atomic E-state index is 0.600. The zero-order valence-electron chi connectivity index (χ0n) is 8.58. The van der Waals surface area contributed by atoms with Crippen LogP contribution in [0.5, 0.6) is 0 Å². The van der Waals surface area contributed by atoms with E-state index in [0.717, 1.165) is 18.9 Å². The average molecular weight is 179 g/mol. The molecule has 2 heteroatoms. The van der Waals surface area contributed by atoms with Crippen LogP contribution < -0.4 is 0 Å². The van der Waals surface area contributed by atoms with Crippen LogP contribution in [-0.4, -0.2) is 18.2 Å². The van der Waals surface area contributed by atoms with Crippen molar-refractivity contribution in [2.45, 2.75) is 26.7 Å². The first-order valence-electron chi connectivity index (χ1n) is 4.86. The fourth-order valence-electron chi connectivity index (χ4n) is 1.15. The van der Waals surface area contributed by atoms with Gasteiger partial charge in [0.2, 0.25) is 0 Å². The highest BCUT2D eigenvalue weighted by molar-refractivity contribution is 5.19. The second-order valence-electron chi connectivity index (χ2n) is 2.97. The molecule has 2 nitrogen and oxygen atoms in total. The van der Waals surface area contributed by atoms with Gasteiger partial charge in [-0.05, 0) is 18.6 Å². The Balaban J connectivity index is 0.000000396. The Morgan fingerprint density at radius 1 is 1.31 bits per heavy atom. The van der Waals surface area contributed by atoms with Crippen LogP contribution in [0.15, 0.2) is 18.3 Å². The maximum absolute atomic E-state index is 5.09. The molecular formula is C11H17NO. The van der Waals surface area contributed by atoms with Crippen molar-refractivity contribution >= 4 is 0 Å². The van der Waals surface area contributed by atoms with E-state index in [1.54, 1.807) is 0 Å². The van der Waals surface area contributed by atoms with Crippen molar-refractivity contribution in [3.05, 3.63) is 29.6 Å². The maximum atomic E-state index is 5.09. The summed E-state index contributed by atoms with van der Waals surface area (Å²) in [5, 5.41) is 0. The lowest BCUT2D eigenvalue weighted by atomic mass is 9.99. The Morgan fingerprint density at radius 3 is 2.38 bits per heavy atom. The summed E-state index contributed by atoms with van der Waals surface area (Å²) in [6.07, 6.45) is 1.95. The van der Waals surface area contributed by atoms with E-state index in [2.05, 4.69) is 11.1 Å². The Labute approximate surface area is 80.0 Å². The first kappa shape index (κ1) is 10.2. The molecule has 0 unspecified atom stereocenters. The molecule has 1 saturated heterocycles. The summed E-state index contributed by atoms with van der Waals surface area (Å²) in [7, 11) is 0. The van der Waals surface area contributed by atoms with E-state index in [-0.39, 0.29) is 0 Å². The largest absolute Gasteiger partial charge is 0.380 e. The summed E-state index contributed by atoms with van der Waals surface area (Å²) in [6.45, 7) is 7.73. The zero-order chi connectivity index (χ0) is 9.68. The molecule has 0 aliphatic carbocycles. The summed E-state index contributed by atoms with van der Waals surface area (Å²) in [5.41, 5.74) is 2.39. The highest BCUT2D eigenvalue weighted by Gasteiger charge is 2.20.